The first-order chi connectivity index (χ1) is 17.8. The van der Waals surface area contributed by atoms with Crippen LogP contribution in [-0.4, -0.2) is 66.8 Å². The highest BCUT2D eigenvalue weighted by molar-refractivity contribution is 9.10. The summed E-state index contributed by atoms with van der Waals surface area (Å²) in [5.74, 6) is -2.18. The van der Waals surface area contributed by atoms with Gasteiger partial charge in [-0.15, -0.1) is 0 Å². The molecular formula is C27H27BrN2O7. The molecule has 0 aliphatic carbocycles. The number of ketones is 1. The Morgan fingerprint density at radius 2 is 1.54 bits per heavy atom. The van der Waals surface area contributed by atoms with Crippen molar-refractivity contribution in [2.24, 2.45) is 5.92 Å². The molecular weight excluding hydrogens is 544 g/mol. The van der Waals surface area contributed by atoms with Gasteiger partial charge in [-0.1, -0.05) is 28.1 Å². The first kappa shape index (κ1) is 26.7. The van der Waals surface area contributed by atoms with Crippen molar-refractivity contribution in [3.8, 4) is 0 Å². The molecule has 1 atom stereocenters. The van der Waals surface area contributed by atoms with Crippen molar-refractivity contribution >= 4 is 51.2 Å². The molecule has 0 spiro atoms. The standard InChI is InChI=1S/C27H27BrN2O7/c1-2-36-26(34)18-5-9-21(10-6-18)30-24(32)15-22(25(30)33)29-13-11-19(12-14-29)27(35)37-16-23(31)17-3-7-20(28)8-4-17/h3-10,19,22H,2,11-16H2,1H3/t22-/m1/s1. The van der Waals surface area contributed by atoms with Gasteiger partial charge in [-0.2, -0.15) is 0 Å². The SMILES string of the molecule is CCOC(=O)c1ccc(N2C(=O)C[C@@H](N3CCC(C(=O)OCC(=O)c4ccc(Br)cc4)CC3)C2=O)cc1. The Balaban J connectivity index is 1.29. The van der Waals surface area contributed by atoms with E-state index in [-0.39, 0.29) is 43.2 Å². The van der Waals surface area contributed by atoms with Crippen LogP contribution in [0.25, 0.3) is 0 Å². The van der Waals surface area contributed by atoms with Gasteiger partial charge in [0.25, 0.3) is 5.91 Å². The lowest BCUT2D eigenvalue weighted by atomic mass is 9.95. The highest BCUT2D eigenvalue weighted by Crippen LogP contribution is 2.29. The third-order valence-electron chi connectivity index (χ3n) is 6.57. The summed E-state index contributed by atoms with van der Waals surface area (Å²) in [5.41, 5.74) is 1.21. The van der Waals surface area contributed by atoms with Crippen LogP contribution in [-0.2, 0) is 23.9 Å². The number of hydrogen-bond acceptors (Lipinski definition) is 8. The highest BCUT2D eigenvalue weighted by atomic mass is 79.9. The number of ether oxygens (including phenoxy) is 2. The molecule has 2 amide bonds. The fraction of sp³-hybridized carbons (Fsp3) is 0.370. The van der Waals surface area contributed by atoms with Crippen LogP contribution in [0.4, 0.5) is 5.69 Å². The molecule has 2 saturated heterocycles. The normalized spacial score (nSPS) is 18.6. The van der Waals surface area contributed by atoms with E-state index >= 15 is 0 Å². The number of piperidine rings is 1. The van der Waals surface area contributed by atoms with Gasteiger partial charge in [0.05, 0.1) is 36.2 Å². The first-order valence-electron chi connectivity index (χ1n) is 12.1. The molecule has 10 heteroatoms. The fourth-order valence-corrected chi connectivity index (χ4v) is 4.82. The van der Waals surface area contributed by atoms with Crippen molar-refractivity contribution in [3.05, 3.63) is 64.1 Å². The van der Waals surface area contributed by atoms with Crippen LogP contribution < -0.4 is 4.90 Å². The fourth-order valence-electron chi connectivity index (χ4n) is 4.55. The number of amides is 2. The molecule has 0 bridgehead atoms. The van der Waals surface area contributed by atoms with Crippen LogP contribution in [0.5, 0.6) is 0 Å². The number of benzene rings is 2. The van der Waals surface area contributed by atoms with E-state index in [4.69, 9.17) is 9.47 Å². The van der Waals surface area contributed by atoms with Crippen LogP contribution in [0.15, 0.2) is 53.0 Å². The minimum Gasteiger partial charge on any atom is -0.462 e. The average Bonchev–Trinajstić information content (AvgIpc) is 3.21. The molecule has 37 heavy (non-hydrogen) atoms. The van der Waals surface area contributed by atoms with Gasteiger partial charge < -0.3 is 9.47 Å². The van der Waals surface area contributed by atoms with E-state index < -0.39 is 18.0 Å². The zero-order valence-electron chi connectivity index (χ0n) is 20.4. The van der Waals surface area contributed by atoms with Crippen molar-refractivity contribution in [1.82, 2.24) is 4.90 Å². The number of esters is 2. The second-order valence-corrected chi connectivity index (χ2v) is 9.82. The summed E-state index contributed by atoms with van der Waals surface area (Å²) in [7, 11) is 0. The predicted molar refractivity (Wildman–Crippen MR) is 137 cm³/mol. The van der Waals surface area contributed by atoms with E-state index in [1.807, 2.05) is 4.90 Å². The van der Waals surface area contributed by atoms with Gasteiger partial charge in [-0.25, -0.2) is 9.69 Å². The Bertz CT molecular complexity index is 1190. The molecule has 0 aromatic heterocycles. The van der Waals surface area contributed by atoms with Crippen LogP contribution in [0, 0.1) is 5.92 Å². The number of carbonyl (C=O) groups excluding carboxylic acids is 5. The third-order valence-corrected chi connectivity index (χ3v) is 7.10. The number of carbonyl (C=O) groups is 5. The van der Waals surface area contributed by atoms with E-state index in [1.165, 1.54) is 12.1 Å². The van der Waals surface area contributed by atoms with Crippen LogP contribution in [0.2, 0.25) is 0 Å². The van der Waals surface area contributed by atoms with Gasteiger partial charge in [0.2, 0.25) is 5.91 Å². The van der Waals surface area contributed by atoms with Crippen LogP contribution >= 0.6 is 15.9 Å². The van der Waals surface area contributed by atoms with Gasteiger partial charge in [-0.05, 0) is 69.3 Å². The molecule has 2 fully saturated rings. The van der Waals surface area contributed by atoms with E-state index in [9.17, 15) is 24.0 Å². The Hall–Kier alpha value is -3.37. The second kappa shape index (κ2) is 11.8. The van der Waals surface area contributed by atoms with Crippen molar-refractivity contribution in [2.75, 3.05) is 31.2 Å². The smallest absolute Gasteiger partial charge is 0.338 e. The molecule has 2 aliphatic heterocycles. The Morgan fingerprint density at radius 1 is 0.919 bits per heavy atom. The summed E-state index contributed by atoms with van der Waals surface area (Å²) < 4.78 is 11.1. The van der Waals surface area contributed by atoms with Gasteiger partial charge in [0.15, 0.2) is 12.4 Å². The molecule has 2 aromatic carbocycles. The summed E-state index contributed by atoms with van der Waals surface area (Å²) in [5, 5.41) is 0. The maximum atomic E-state index is 13.1. The molecule has 4 rings (SSSR count). The highest BCUT2D eigenvalue weighted by Gasteiger charge is 2.44. The predicted octanol–water partition coefficient (Wildman–Crippen LogP) is 3.40. The van der Waals surface area contributed by atoms with Gasteiger partial charge >= 0.3 is 11.9 Å². The molecule has 0 unspecified atom stereocenters. The zero-order valence-corrected chi connectivity index (χ0v) is 21.9. The van der Waals surface area contributed by atoms with E-state index in [0.717, 1.165) is 9.37 Å². The van der Waals surface area contributed by atoms with E-state index in [0.29, 0.717) is 42.7 Å². The van der Waals surface area contributed by atoms with Crippen molar-refractivity contribution < 1.29 is 33.4 Å². The molecule has 0 N–H and O–H groups in total. The van der Waals surface area contributed by atoms with Gasteiger partial charge in [0, 0.05) is 10.0 Å². The van der Waals surface area contributed by atoms with Crippen molar-refractivity contribution in [3.63, 3.8) is 0 Å². The monoisotopic (exact) mass is 570 g/mol. The zero-order chi connectivity index (χ0) is 26.5. The lowest BCUT2D eigenvalue weighted by Crippen LogP contribution is -2.47. The number of imide groups is 1. The third kappa shape index (κ3) is 6.14. The van der Waals surface area contributed by atoms with Crippen LogP contribution in [0.1, 0.15) is 46.9 Å². The summed E-state index contributed by atoms with van der Waals surface area (Å²) in [6, 6.07) is 12.4. The summed E-state index contributed by atoms with van der Waals surface area (Å²) in [4.78, 5) is 65.5. The number of Topliss-reactive ketones (excluding diaryl/α,β-unsaturated/α-hetero) is 1. The topological polar surface area (TPSA) is 110 Å². The number of hydrogen-bond donors (Lipinski definition) is 0. The number of likely N-dealkylation sites (tertiary alicyclic amines) is 1. The molecule has 2 heterocycles. The minimum absolute atomic E-state index is 0.0509. The molecule has 194 valence electrons. The first-order valence-corrected chi connectivity index (χ1v) is 12.9. The minimum atomic E-state index is -0.604. The average molecular weight is 571 g/mol. The largest absolute Gasteiger partial charge is 0.462 e. The molecule has 0 radical (unpaired) electrons. The maximum absolute atomic E-state index is 13.1. The molecule has 9 nitrogen and oxygen atoms in total. The number of rotatable bonds is 8. The number of halogens is 1. The van der Waals surface area contributed by atoms with E-state index in [1.54, 1.807) is 43.3 Å². The maximum Gasteiger partial charge on any atom is 0.338 e. The molecule has 2 aromatic rings. The Labute approximate surface area is 222 Å². The number of anilines is 1. The Morgan fingerprint density at radius 3 is 2.16 bits per heavy atom. The van der Waals surface area contributed by atoms with Gasteiger partial charge in [-0.3, -0.25) is 24.1 Å². The number of nitrogens with zero attached hydrogens (tertiary/aromatic N) is 2. The Kier molecular flexibility index (Phi) is 8.50. The lowest BCUT2D eigenvalue weighted by molar-refractivity contribution is -0.149. The van der Waals surface area contributed by atoms with E-state index in [2.05, 4.69) is 15.9 Å². The van der Waals surface area contributed by atoms with Crippen molar-refractivity contribution in [1.29, 1.82) is 0 Å². The van der Waals surface area contributed by atoms with Crippen molar-refractivity contribution in [2.45, 2.75) is 32.2 Å². The molecule has 0 saturated carbocycles. The molecule has 2 aliphatic rings. The summed E-state index contributed by atoms with van der Waals surface area (Å²) >= 11 is 3.31. The van der Waals surface area contributed by atoms with Crippen LogP contribution in [0.3, 0.4) is 0 Å². The quantitative estimate of drug-likeness (QED) is 0.270. The summed E-state index contributed by atoms with van der Waals surface area (Å²) in [6.45, 7) is 2.57. The lowest BCUT2D eigenvalue weighted by Gasteiger charge is -2.33. The second-order valence-electron chi connectivity index (χ2n) is 8.90. The summed E-state index contributed by atoms with van der Waals surface area (Å²) in [6.07, 6.45) is 0.990. The van der Waals surface area contributed by atoms with Gasteiger partial charge in [0.1, 0.15) is 0 Å².